The fourth-order valence-corrected chi connectivity index (χ4v) is 4.22. The number of methoxy groups -OCH3 is 1. The monoisotopic (exact) mass is 345 g/mol. The third kappa shape index (κ3) is 4.17. The van der Waals surface area contributed by atoms with E-state index in [9.17, 15) is 4.79 Å². The van der Waals surface area contributed by atoms with Crippen LogP contribution in [0.15, 0.2) is 24.3 Å². The number of carbonyl (C=O) groups is 1. The van der Waals surface area contributed by atoms with Crippen molar-refractivity contribution in [3.8, 4) is 5.75 Å². The average Bonchev–Trinajstić information content (AvgIpc) is 2.69. The molecule has 1 aliphatic heterocycles. The normalized spacial score (nSPS) is 27.4. The molecule has 1 aromatic carbocycles. The summed E-state index contributed by atoms with van der Waals surface area (Å²) in [6, 6.07) is 7.20. The number of esters is 1. The number of likely N-dealkylation sites (tertiary alicyclic amines) is 1. The molecule has 1 saturated heterocycles. The Labute approximate surface area is 151 Å². The molecule has 0 radical (unpaired) electrons. The van der Waals surface area contributed by atoms with E-state index in [1.807, 2.05) is 12.1 Å². The van der Waals surface area contributed by atoms with Crippen molar-refractivity contribution in [2.75, 3.05) is 20.2 Å². The molecule has 1 aliphatic carbocycles. The van der Waals surface area contributed by atoms with Gasteiger partial charge in [0.1, 0.15) is 11.9 Å². The minimum Gasteiger partial charge on any atom is -0.497 e. The van der Waals surface area contributed by atoms with E-state index < -0.39 is 0 Å². The standard InChI is InChI=1S/C21H31NO3/c1-21(2,3)22-13-16-7-5-6-8-17(14-22)19(16)25-20(23)15-9-11-18(24-4)12-10-15/h9-12,16-17,19H,5-8,13-14H2,1-4H3/t16-,17+,19?. The number of carbonyl (C=O) groups excluding carboxylic acids is 1. The van der Waals surface area contributed by atoms with Crippen LogP contribution in [0.1, 0.15) is 56.8 Å². The summed E-state index contributed by atoms with van der Waals surface area (Å²) in [4.78, 5) is 15.2. The number of ether oxygens (including phenoxy) is 2. The van der Waals surface area contributed by atoms with Crippen molar-refractivity contribution in [3.05, 3.63) is 29.8 Å². The fourth-order valence-electron chi connectivity index (χ4n) is 4.22. The predicted octanol–water partition coefficient (Wildman–Crippen LogP) is 4.14. The van der Waals surface area contributed by atoms with Crippen molar-refractivity contribution in [2.45, 2.75) is 58.1 Å². The number of benzene rings is 1. The van der Waals surface area contributed by atoms with Crippen molar-refractivity contribution < 1.29 is 14.3 Å². The molecule has 2 bridgehead atoms. The Morgan fingerprint density at radius 1 is 1.04 bits per heavy atom. The van der Waals surface area contributed by atoms with Gasteiger partial charge >= 0.3 is 5.97 Å². The third-order valence-corrected chi connectivity index (χ3v) is 5.76. The lowest BCUT2D eigenvalue weighted by Gasteiger charge is -2.47. The molecule has 4 nitrogen and oxygen atoms in total. The Hall–Kier alpha value is -1.55. The zero-order valence-corrected chi connectivity index (χ0v) is 16.0. The number of hydrogen-bond donors (Lipinski definition) is 0. The zero-order chi connectivity index (χ0) is 18.0. The van der Waals surface area contributed by atoms with E-state index in [-0.39, 0.29) is 17.6 Å². The van der Waals surface area contributed by atoms with Crippen LogP contribution in [0.25, 0.3) is 0 Å². The second kappa shape index (κ2) is 7.36. The first-order valence-electron chi connectivity index (χ1n) is 9.48. The lowest BCUT2D eigenvalue weighted by atomic mass is 9.82. The first-order valence-corrected chi connectivity index (χ1v) is 9.48. The smallest absolute Gasteiger partial charge is 0.338 e. The quantitative estimate of drug-likeness (QED) is 0.772. The number of hydrogen-bond acceptors (Lipinski definition) is 4. The first-order chi connectivity index (χ1) is 11.9. The molecule has 4 heteroatoms. The van der Waals surface area contributed by atoms with Gasteiger partial charge in [-0.3, -0.25) is 4.90 Å². The lowest BCUT2D eigenvalue weighted by Crippen LogP contribution is -2.56. The molecule has 3 rings (SSSR count). The van der Waals surface area contributed by atoms with Crippen molar-refractivity contribution in [1.82, 2.24) is 4.90 Å². The van der Waals surface area contributed by atoms with Gasteiger partial charge in [-0.15, -0.1) is 0 Å². The van der Waals surface area contributed by atoms with Crippen molar-refractivity contribution in [1.29, 1.82) is 0 Å². The Morgan fingerprint density at radius 2 is 1.60 bits per heavy atom. The largest absolute Gasteiger partial charge is 0.497 e. The Balaban J connectivity index is 1.73. The summed E-state index contributed by atoms with van der Waals surface area (Å²) in [6.07, 6.45) is 4.86. The van der Waals surface area contributed by atoms with Crippen LogP contribution >= 0.6 is 0 Å². The minimum absolute atomic E-state index is 0.0516. The number of rotatable bonds is 3. The van der Waals surface area contributed by atoms with Gasteiger partial charge in [0.2, 0.25) is 0 Å². The molecular weight excluding hydrogens is 314 g/mol. The van der Waals surface area contributed by atoms with Crippen molar-refractivity contribution >= 4 is 5.97 Å². The van der Waals surface area contributed by atoms with Crippen LogP contribution in [0.3, 0.4) is 0 Å². The second-order valence-corrected chi connectivity index (χ2v) is 8.48. The van der Waals surface area contributed by atoms with Crippen LogP contribution in [0, 0.1) is 11.8 Å². The van der Waals surface area contributed by atoms with Crippen LogP contribution in [0.5, 0.6) is 5.75 Å². The van der Waals surface area contributed by atoms with Gasteiger partial charge in [-0.25, -0.2) is 4.79 Å². The molecule has 25 heavy (non-hydrogen) atoms. The van der Waals surface area contributed by atoms with Gasteiger partial charge in [0.05, 0.1) is 12.7 Å². The van der Waals surface area contributed by atoms with E-state index in [2.05, 4.69) is 25.7 Å². The summed E-state index contributed by atoms with van der Waals surface area (Å²) in [6.45, 7) is 8.90. The second-order valence-electron chi connectivity index (χ2n) is 8.48. The summed E-state index contributed by atoms with van der Waals surface area (Å²) in [7, 11) is 1.63. The maximum atomic E-state index is 12.7. The lowest BCUT2D eigenvalue weighted by molar-refractivity contribution is -0.0635. The topological polar surface area (TPSA) is 38.8 Å². The van der Waals surface area contributed by atoms with E-state index in [1.54, 1.807) is 19.2 Å². The Bertz CT molecular complexity index is 574. The number of fused-ring (bicyclic) bond motifs is 2. The van der Waals surface area contributed by atoms with Gasteiger partial charge in [0.25, 0.3) is 0 Å². The summed E-state index contributed by atoms with van der Waals surface area (Å²) >= 11 is 0. The van der Waals surface area contributed by atoms with E-state index >= 15 is 0 Å². The molecule has 0 aromatic heterocycles. The molecule has 3 atom stereocenters. The molecule has 1 aromatic rings. The zero-order valence-electron chi connectivity index (χ0n) is 16.0. The number of piperidine rings is 1. The van der Waals surface area contributed by atoms with Crippen molar-refractivity contribution in [3.63, 3.8) is 0 Å². The molecule has 1 unspecified atom stereocenters. The maximum absolute atomic E-state index is 12.7. The molecule has 1 saturated carbocycles. The molecule has 0 spiro atoms. The highest BCUT2D eigenvalue weighted by Crippen LogP contribution is 2.38. The van der Waals surface area contributed by atoms with Crippen LogP contribution in [-0.2, 0) is 4.74 Å². The van der Waals surface area contributed by atoms with Crippen LogP contribution in [-0.4, -0.2) is 42.7 Å². The molecule has 1 heterocycles. The molecule has 0 amide bonds. The van der Waals surface area contributed by atoms with Gasteiger partial charge in [-0.05, 0) is 57.9 Å². The highest BCUT2D eigenvalue weighted by Gasteiger charge is 2.43. The van der Waals surface area contributed by atoms with Gasteiger partial charge in [-0.1, -0.05) is 12.8 Å². The summed E-state index contributed by atoms with van der Waals surface area (Å²) in [5.41, 5.74) is 0.780. The Morgan fingerprint density at radius 3 is 2.08 bits per heavy atom. The Kier molecular flexibility index (Phi) is 5.38. The van der Waals surface area contributed by atoms with Gasteiger partial charge in [0.15, 0.2) is 0 Å². The van der Waals surface area contributed by atoms with E-state index in [1.165, 1.54) is 12.8 Å². The predicted molar refractivity (Wildman–Crippen MR) is 99.0 cm³/mol. The highest BCUT2D eigenvalue weighted by molar-refractivity contribution is 5.89. The van der Waals surface area contributed by atoms with E-state index in [4.69, 9.17) is 9.47 Å². The van der Waals surface area contributed by atoms with Crippen LogP contribution in [0.4, 0.5) is 0 Å². The molecule has 0 N–H and O–H groups in total. The summed E-state index contributed by atoms with van der Waals surface area (Å²) < 4.78 is 11.2. The third-order valence-electron chi connectivity index (χ3n) is 5.76. The molecule has 2 fully saturated rings. The fraction of sp³-hybridized carbons (Fsp3) is 0.667. The van der Waals surface area contributed by atoms with Crippen LogP contribution < -0.4 is 4.74 Å². The average molecular weight is 345 g/mol. The summed E-state index contributed by atoms with van der Waals surface area (Å²) in [5.74, 6) is 1.45. The summed E-state index contributed by atoms with van der Waals surface area (Å²) in [5, 5.41) is 0. The SMILES string of the molecule is COc1ccc(C(=O)OC2[C@@H]3CCCC[C@H]2CN(C(C)(C)C)C3)cc1. The first kappa shape index (κ1) is 18.2. The van der Waals surface area contributed by atoms with Gasteiger partial charge in [-0.2, -0.15) is 0 Å². The van der Waals surface area contributed by atoms with E-state index in [0.717, 1.165) is 31.7 Å². The highest BCUT2D eigenvalue weighted by atomic mass is 16.5. The molecule has 2 aliphatic rings. The van der Waals surface area contributed by atoms with E-state index in [0.29, 0.717) is 17.4 Å². The van der Waals surface area contributed by atoms with Gasteiger partial charge in [0, 0.05) is 30.5 Å². The maximum Gasteiger partial charge on any atom is 0.338 e. The van der Waals surface area contributed by atoms with Crippen LogP contribution in [0.2, 0.25) is 0 Å². The molecule has 138 valence electrons. The van der Waals surface area contributed by atoms with Crippen molar-refractivity contribution in [2.24, 2.45) is 11.8 Å². The number of nitrogens with zero attached hydrogens (tertiary/aromatic N) is 1. The van der Waals surface area contributed by atoms with Gasteiger partial charge < -0.3 is 9.47 Å². The minimum atomic E-state index is -0.200. The molecular formula is C21H31NO3.